The zero-order valence-corrected chi connectivity index (χ0v) is 10.0. The van der Waals surface area contributed by atoms with E-state index in [1.54, 1.807) is 12.1 Å². The number of rotatable bonds is 3. The Morgan fingerprint density at radius 2 is 2.06 bits per heavy atom. The normalized spacial score (nSPS) is 10.4. The lowest BCUT2D eigenvalue weighted by Crippen LogP contribution is -2.01. The third-order valence-corrected chi connectivity index (χ3v) is 2.86. The number of halogens is 2. The molecule has 2 rings (SSSR count). The maximum Gasteiger partial charge on any atom is 0.127 e. The Morgan fingerprint density at radius 3 is 2.69 bits per heavy atom. The average Bonchev–Trinajstić information content (AvgIpc) is 2.66. The molecule has 1 aromatic heterocycles. The minimum absolute atomic E-state index is 0.515. The highest BCUT2D eigenvalue weighted by Crippen LogP contribution is 2.25. The van der Waals surface area contributed by atoms with Gasteiger partial charge in [0.2, 0.25) is 0 Å². The van der Waals surface area contributed by atoms with Crippen LogP contribution >= 0.6 is 23.2 Å². The predicted molar refractivity (Wildman–Crippen MR) is 62.8 cm³/mol. The van der Waals surface area contributed by atoms with Crippen molar-refractivity contribution in [3.63, 3.8) is 0 Å². The highest BCUT2D eigenvalue weighted by molar-refractivity contribution is 6.42. The largest absolute Gasteiger partial charge is 0.379 e. The fourth-order valence-electron chi connectivity index (χ4n) is 1.20. The van der Waals surface area contributed by atoms with Gasteiger partial charge >= 0.3 is 0 Å². The fourth-order valence-corrected chi connectivity index (χ4v) is 1.50. The Morgan fingerprint density at radius 1 is 1.25 bits per heavy atom. The van der Waals surface area contributed by atoms with Crippen LogP contribution in [0.4, 0.5) is 5.69 Å². The van der Waals surface area contributed by atoms with Crippen molar-refractivity contribution in [2.24, 2.45) is 0 Å². The van der Waals surface area contributed by atoms with Crippen molar-refractivity contribution in [2.45, 2.75) is 13.5 Å². The molecule has 0 radical (unpaired) electrons. The summed E-state index contributed by atoms with van der Waals surface area (Å²) in [7, 11) is 0. The lowest BCUT2D eigenvalue weighted by Gasteiger charge is -2.05. The summed E-state index contributed by atoms with van der Waals surface area (Å²) < 4.78 is 4.59. The minimum atomic E-state index is 0.515. The van der Waals surface area contributed by atoms with Gasteiger partial charge in [0.05, 0.1) is 16.6 Å². The molecule has 2 aromatic rings. The van der Waals surface area contributed by atoms with Crippen molar-refractivity contribution in [1.29, 1.82) is 0 Å². The third kappa shape index (κ3) is 2.46. The molecule has 6 heteroatoms. The molecule has 0 aliphatic carbocycles. The highest BCUT2D eigenvalue weighted by atomic mass is 35.5. The van der Waals surface area contributed by atoms with Crippen molar-refractivity contribution in [2.75, 3.05) is 5.32 Å². The summed E-state index contributed by atoms with van der Waals surface area (Å²) in [5, 5.41) is 11.7. The summed E-state index contributed by atoms with van der Waals surface area (Å²) in [6.45, 7) is 2.37. The number of benzene rings is 1. The van der Waals surface area contributed by atoms with E-state index in [1.165, 1.54) is 0 Å². The summed E-state index contributed by atoms with van der Waals surface area (Å²) >= 11 is 11.7. The van der Waals surface area contributed by atoms with E-state index < -0.39 is 0 Å². The summed E-state index contributed by atoms with van der Waals surface area (Å²) in [4.78, 5) is 0. The molecule has 0 fully saturated rings. The summed E-state index contributed by atoms with van der Waals surface area (Å²) in [6, 6.07) is 5.34. The van der Waals surface area contributed by atoms with Crippen molar-refractivity contribution in [3.05, 3.63) is 39.6 Å². The monoisotopic (exact) mass is 257 g/mol. The number of hydrogen-bond donors (Lipinski definition) is 1. The van der Waals surface area contributed by atoms with Gasteiger partial charge in [-0.1, -0.05) is 33.5 Å². The second-order valence-corrected chi connectivity index (χ2v) is 4.09. The molecule has 1 aromatic carbocycles. The van der Waals surface area contributed by atoms with Crippen molar-refractivity contribution >= 4 is 28.9 Å². The molecule has 0 saturated heterocycles. The van der Waals surface area contributed by atoms with Crippen LogP contribution in [0.3, 0.4) is 0 Å². The molecular formula is C10H9Cl2N3O. The molecule has 1 heterocycles. The first-order valence-electron chi connectivity index (χ1n) is 4.64. The zero-order chi connectivity index (χ0) is 11.5. The molecule has 0 aliphatic rings. The van der Waals surface area contributed by atoms with Crippen LogP contribution in [0, 0.1) is 6.92 Å². The molecule has 0 aliphatic heterocycles. The molecule has 0 atom stereocenters. The van der Waals surface area contributed by atoms with E-state index >= 15 is 0 Å². The molecule has 1 N–H and O–H groups in total. The van der Waals surface area contributed by atoms with E-state index in [4.69, 9.17) is 23.2 Å². The topological polar surface area (TPSA) is 51.0 Å². The van der Waals surface area contributed by atoms with Gasteiger partial charge in [-0.3, -0.25) is 0 Å². The SMILES string of the molecule is Cc1nonc1CNc1ccc(Cl)c(Cl)c1. The first kappa shape index (κ1) is 11.2. The molecule has 4 nitrogen and oxygen atoms in total. The van der Waals surface area contributed by atoms with Crippen molar-refractivity contribution in [3.8, 4) is 0 Å². The fraction of sp³-hybridized carbons (Fsp3) is 0.200. The maximum atomic E-state index is 5.89. The summed E-state index contributed by atoms with van der Waals surface area (Å²) in [5.74, 6) is 0. The molecule has 0 unspecified atom stereocenters. The van der Waals surface area contributed by atoms with Crippen LogP contribution < -0.4 is 5.32 Å². The van der Waals surface area contributed by atoms with Crippen LogP contribution in [-0.2, 0) is 6.54 Å². The smallest absolute Gasteiger partial charge is 0.127 e. The average molecular weight is 258 g/mol. The van der Waals surface area contributed by atoms with Gasteiger partial charge in [-0.25, -0.2) is 4.63 Å². The lowest BCUT2D eigenvalue weighted by molar-refractivity contribution is 0.301. The van der Waals surface area contributed by atoms with Crippen LogP contribution in [-0.4, -0.2) is 10.3 Å². The van der Waals surface area contributed by atoms with Gasteiger partial charge < -0.3 is 5.32 Å². The second kappa shape index (κ2) is 4.72. The van der Waals surface area contributed by atoms with Gasteiger partial charge in [0, 0.05) is 5.69 Å². The Labute approximate surface area is 103 Å². The van der Waals surface area contributed by atoms with E-state index in [1.807, 2.05) is 13.0 Å². The number of hydrogen-bond acceptors (Lipinski definition) is 4. The quantitative estimate of drug-likeness (QED) is 0.917. The number of anilines is 1. The number of nitrogens with one attached hydrogen (secondary N) is 1. The van der Waals surface area contributed by atoms with E-state index in [0.717, 1.165) is 17.1 Å². The molecular weight excluding hydrogens is 249 g/mol. The van der Waals surface area contributed by atoms with Gasteiger partial charge in [-0.05, 0) is 25.1 Å². The van der Waals surface area contributed by atoms with E-state index in [0.29, 0.717) is 16.6 Å². The minimum Gasteiger partial charge on any atom is -0.379 e. The lowest BCUT2D eigenvalue weighted by atomic mass is 10.3. The Balaban J connectivity index is 2.05. The standard InChI is InChI=1S/C10H9Cl2N3O/c1-6-10(15-16-14-6)5-13-7-2-3-8(11)9(12)4-7/h2-4,13H,5H2,1H3. The van der Waals surface area contributed by atoms with Crippen LogP contribution in [0.25, 0.3) is 0 Å². The number of aromatic nitrogens is 2. The molecule has 0 saturated carbocycles. The van der Waals surface area contributed by atoms with Gasteiger partial charge in [0.15, 0.2) is 0 Å². The molecule has 0 bridgehead atoms. The van der Waals surface area contributed by atoms with E-state index in [-0.39, 0.29) is 0 Å². The summed E-state index contributed by atoms with van der Waals surface area (Å²) in [5.41, 5.74) is 2.41. The number of aryl methyl sites for hydroxylation is 1. The van der Waals surface area contributed by atoms with Crippen molar-refractivity contribution in [1.82, 2.24) is 10.3 Å². The van der Waals surface area contributed by atoms with Gasteiger partial charge in [0.1, 0.15) is 11.4 Å². The molecule has 0 spiro atoms. The Kier molecular flexibility index (Phi) is 3.31. The van der Waals surface area contributed by atoms with Gasteiger partial charge in [-0.2, -0.15) is 0 Å². The zero-order valence-electron chi connectivity index (χ0n) is 8.50. The van der Waals surface area contributed by atoms with Crippen LogP contribution in [0.2, 0.25) is 10.0 Å². The van der Waals surface area contributed by atoms with Crippen LogP contribution in [0.5, 0.6) is 0 Å². The van der Waals surface area contributed by atoms with Gasteiger partial charge in [-0.15, -0.1) is 0 Å². The Hall–Kier alpha value is -1.26. The highest BCUT2D eigenvalue weighted by Gasteiger charge is 2.05. The van der Waals surface area contributed by atoms with Crippen LogP contribution in [0.15, 0.2) is 22.8 Å². The van der Waals surface area contributed by atoms with Crippen molar-refractivity contribution < 1.29 is 4.63 Å². The summed E-state index contributed by atoms with van der Waals surface area (Å²) in [6.07, 6.45) is 0. The molecule has 16 heavy (non-hydrogen) atoms. The Bertz CT molecular complexity index is 499. The van der Waals surface area contributed by atoms with E-state index in [9.17, 15) is 0 Å². The third-order valence-electron chi connectivity index (χ3n) is 2.13. The second-order valence-electron chi connectivity index (χ2n) is 3.28. The van der Waals surface area contributed by atoms with E-state index in [2.05, 4.69) is 20.3 Å². The van der Waals surface area contributed by atoms with Crippen LogP contribution in [0.1, 0.15) is 11.4 Å². The number of nitrogens with zero attached hydrogens (tertiary/aromatic N) is 2. The first-order valence-corrected chi connectivity index (χ1v) is 5.39. The molecule has 0 amide bonds. The molecule has 84 valence electrons. The predicted octanol–water partition coefficient (Wildman–Crippen LogP) is 3.30. The maximum absolute atomic E-state index is 5.89. The van der Waals surface area contributed by atoms with Gasteiger partial charge in [0.25, 0.3) is 0 Å². The first-order chi connectivity index (χ1) is 7.66.